The quantitative estimate of drug-likeness (QED) is 0.527. The van der Waals surface area contributed by atoms with Crippen molar-refractivity contribution in [3.8, 4) is 11.3 Å². The van der Waals surface area contributed by atoms with Crippen LogP contribution >= 0.6 is 0 Å². The third-order valence-electron chi connectivity index (χ3n) is 3.68. The molecule has 0 amide bonds. The highest BCUT2D eigenvalue weighted by atomic mass is 16.1. The number of pyridine rings is 1. The zero-order valence-corrected chi connectivity index (χ0v) is 15.4. The molecule has 0 spiro atoms. The highest BCUT2D eigenvalue weighted by Crippen LogP contribution is 2.23. The first-order chi connectivity index (χ1) is 12.6. The summed E-state index contributed by atoms with van der Waals surface area (Å²) in [7, 11) is 3.53. The fourth-order valence-corrected chi connectivity index (χ4v) is 2.45. The minimum atomic E-state index is -0.235. The molecule has 0 fully saturated rings. The van der Waals surface area contributed by atoms with E-state index in [1.165, 1.54) is 6.07 Å². The molecule has 0 aliphatic heterocycles. The van der Waals surface area contributed by atoms with E-state index in [-0.39, 0.29) is 11.0 Å². The van der Waals surface area contributed by atoms with Crippen LogP contribution in [0.5, 0.6) is 0 Å². The van der Waals surface area contributed by atoms with Crippen LogP contribution in [0, 0.1) is 5.41 Å². The van der Waals surface area contributed by atoms with E-state index in [1.807, 2.05) is 57.3 Å². The first-order valence-electron chi connectivity index (χ1n) is 8.44. The Hall–Kier alpha value is -3.35. The molecule has 1 aromatic carbocycles. The third kappa shape index (κ3) is 4.00. The van der Waals surface area contributed by atoms with Crippen LogP contribution in [-0.4, -0.2) is 28.0 Å². The Balaban J connectivity index is 0.00000117. The van der Waals surface area contributed by atoms with E-state index in [0.29, 0.717) is 11.6 Å². The van der Waals surface area contributed by atoms with Crippen LogP contribution in [-0.2, 0) is 7.05 Å². The molecular weight excluding hydrogens is 328 g/mol. The van der Waals surface area contributed by atoms with Gasteiger partial charge in [-0.25, -0.2) is 0 Å². The minimum Gasteiger partial charge on any atom is -0.374 e. The second kappa shape index (κ2) is 8.66. The van der Waals surface area contributed by atoms with Crippen LogP contribution in [0.1, 0.15) is 19.4 Å². The first kappa shape index (κ1) is 19.0. The highest BCUT2D eigenvalue weighted by molar-refractivity contribution is 5.84. The number of H-pyrrole nitrogens is 1. The van der Waals surface area contributed by atoms with E-state index >= 15 is 0 Å². The highest BCUT2D eigenvalue weighted by Gasteiger charge is 2.10. The van der Waals surface area contributed by atoms with E-state index in [1.54, 1.807) is 11.7 Å². The largest absolute Gasteiger partial charge is 0.374 e. The van der Waals surface area contributed by atoms with Crippen LogP contribution in [0.3, 0.4) is 0 Å². The number of hydrogen-bond acceptors (Lipinski definition) is 5. The van der Waals surface area contributed by atoms with Crippen LogP contribution in [0.2, 0.25) is 0 Å². The van der Waals surface area contributed by atoms with Gasteiger partial charge in [-0.1, -0.05) is 44.2 Å². The number of aromatic amines is 1. The molecule has 2 aromatic heterocycles. The molecule has 3 aromatic rings. The number of nitrogens with one attached hydrogen (secondary N) is 4. The lowest BCUT2D eigenvalue weighted by molar-refractivity contribution is 0.779. The topological polar surface area (TPSA) is 98.6 Å². The van der Waals surface area contributed by atoms with Crippen molar-refractivity contribution in [1.29, 1.82) is 5.41 Å². The van der Waals surface area contributed by atoms with Crippen molar-refractivity contribution in [2.45, 2.75) is 13.8 Å². The number of hydrogen-bond donors (Lipinski definition) is 4. The van der Waals surface area contributed by atoms with Gasteiger partial charge in [0.05, 0.1) is 11.3 Å². The summed E-state index contributed by atoms with van der Waals surface area (Å²) in [6, 6.07) is 13.2. The SMILES string of the molecule is CC.CNc1[nH]c(Nc2cc(-c3ccccc3)nn2C)cc(=O)c1C=N. The minimum absolute atomic E-state index is 0.235. The summed E-state index contributed by atoms with van der Waals surface area (Å²) >= 11 is 0. The van der Waals surface area contributed by atoms with E-state index < -0.39 is 0 Å². The Kier molecular flexibility index (Phi) is 6.32. The zero-order chi connectivity index (χ0) is 19.1. The van der Waals surface area contributed by atoms with Crippen LogP contribution in [0.25, 0.3) is 11.3 Å². The van der Waals surface area contributed by atoms with Gasteiger partial charge in [0, 0.05) is 38.0 Å². The summed E-state index contributed by atoms with van der Waals surface area (Å²) in [6.07, 6.45) is 1.03. The van der Waals surface area contributed by atoms with Crippen molar-refractivity contribution in [1.82, 2.24) is 14.8 Å². The lowest BCUT2D eigenvalue weighted by atomic mass is 10.1. The predicted octanol–water partition coefficient (Wildman–Crippen LogP) is 3.58. The smallest absolute Gasteiger partial charge is 0.194 e. The maximum atomic E-state index is 12.1. The first-order valence-corrected chi connectivity index (χ1v) is 8.44. The second-order valence-electron chi connectivity index (χ2n) is 5.26. The Bertz CT molecular complexity index is 927. The summed E-state index contributed by atoms with van der Waals surface area (Å²) in [5.74, 6) is 1.76. The molecule has 0 aliphatic carbocycles. The molecule has 7 nitrogen and oxygen atoms in total. The van der Waals surface area contributed by atoms with Crippen molar-refractivity contribution in [3.63, 3.8) is 0 Å². The summed E-state index contributed by atoms with van der Waals surface area (Å²) in [6.45, 7) is 4.00. The molecule has 136 valence electrons. The predicted molar refractivity (Wildman–Crippen MR) is 108 cm³/mol. The average molecular weight is 352 g/mol. The van der Waals surface area contributed by atoms with E-state index in [4.69, 9.17) is 5.41 Å². The molecular formula is C19H24N6O. The molecule has 2 heterocycles. The van der Waals surface area contributed by atoms with Crippen molar-refractivity contribution < 1.29 is 0 Å². The number of nitrogens with zero attached hydrogens (tertiary/aromatic N) is 2. The molecule has 0 saturated heterocycles. The van der Waals surface area contributed by atoms with Gasteiger partial charge in [0.25, 0.3) is 0 Å². The van der Waals surface area contributed by atoms with Gasteiger partial charge in [-0.2, -0.15) is 5.10 Å². The fraction of sp³-hybridized carbons (Fsp3) is 0.211. The summed E-state index contributed by atoms with van der Waals surface area (Å²) in [5.41, 5.74) is 1.91. The Morgan fingerprint density at radius 3 is 2.50 bits per heavy atom. The maximum Gasteiger partial charge on any atom is 0.194 e. The molecule has 0 bridgehead atoms. The van der Waals surface area contributed by atoms with Gasteiger partial charge < -0.3 is 21.0 Å². The molecule has 0 aliphatic rings. The van der Waals surface area contributed by atoms with Crippen molar-refractivity contribution in [2.75, 3.05) is 17.7 Å². The molecule has 3 rings (SSSR count). The lowest BCUT2D eigenvalue weighted by Gasteiger charge is -2.10. The van der Waals surface area contributed by atoms with Gasteiger partial charge in [0.2, 0.25) is 0 Å². The monoisotopic (exact) mass is 352 g/mol. The maximum absolute atomic E-state index is 12.1. The molecule has 7 heteroatoms. The van der Waals surface area contributed by atoms with Gasteiger partial charge in [-0.05, 0) is 0 Å². The molecule has 0 unspecified atom stereocenters. The van der Waals surface area contributed by atoms with Crippen molar-refractivity contribution in [2.24, 2.45) is 7.05 Å². The van der Waals surface area contributed by atoms with E-state index in [2.05, 4.69) is 20.7 Å². The zero-order valence-electron chi connectivity index (χ0n) is 15.4. The van der Waals surface area contributed by atoms with Gasteiger partial charge in [-0.15, -0.1) is 0 Å². The van der Waals surface area contributed by atoms with Crippen molar-refractivity contribution in [3.05, 3.63) is 58.3 Å². The summed E-state index contributed by atoms with van der Waals surface area (Å²) in [5, 5.41) is 17.9. The van der Waals surface area contributed by atoms with Crippen LogP contribution in [0.15, 0.2) is 47.3 Å². The summed E-state index contributed by atoms with van der Waals surface area (Å²) < 4.78 is 1.71. The molecule has 26 heavy (non-hydrogen) atoms. The van der Waals surface area contributed by atoms with Gasteiger partial charge >= 0.3 is 0 Å². The molecule has 0 atom stereocenters. The number of rotatable bonds is 5. The Morgan fingerprint density at radius 1 is 1.19 bits per heavy atom. The van der Waals surface area contributed by atoms with Gasteiger partial charge in [-0.3, -0.25) is 9.48 Å². The number of anilines is 3. The third-order valence-corrected chi connectivity index (χ3v) is 3.68. The van der Waals surface area contributed by atoms with E-state index in [0.717, 1.165) is 23.3 Å². The van der Waals surface area contributed by atoms with Crippen molar-refractivity contribution >= 4 is 23.7 Å². The molecule has 4 N–H and O–H groups in total. The molecule has 0 saturated carbocycles. The number of aryl methyl sites for hydroxylation is 1. The second-order valence-corrected chi connectivity index (χ2v) is 5.26. The Labute approximate surface area is 152 Å². The lowest BCUT2D eigenvalue weighted by Crippen LogP contribution is -2.14. The average Bonchev–Trinajstić information content (AvgIpc) is 3.04. The summed E-state index contributed by atoms with van der Waals surface area (Å²) in [4.78, 5) is 15.1. The van der Waals surface area contributed by atoms with Gasteiger partial charge in [0.15, 0.2) is 5.43 Å². The number of benzene rings is 1. The Morgan fingerprint density at radius 2 is 1.88 bits per heavy atom. The van der Waals surface area contributed by atoms with E-state index in [9.17, 15) is 4.79 Å². The standard InChI is InChI=1S/C17H18N6O.C2H6/c1-19-17-12(10-18)14(24)9-15(21-17)20-16-8-13(22-23(16)2)11-6-4-3-5-7-11;1-2/h3-10,18H,1-2H3,(H3,19,20,21,24);1-2H3. The molecule has 0 radical (unpaired) electrons. The van der Waals surface area contributed by atoms with Crippen LogP contribution < -0.4 is 16.1 Å². The van der Waals surface area contributed by atoms with Gasteiger partial charge in [0.1, 0.15) is 17.5 Å². The normalized spacial score (nSPS) is 9.85. The van der Waals surface area contributed by atoms with Crippen LogP contribution in [0.4, 0.5) is 17.5 Å². The number of aromatic nitrogens is 3. The fourth-order valence-electron chi connectivity index (χ4n) is 2.45.